The molecule has 1 aliphatic heterocycles. The second-order valence-electron chi connectivity index (χ2n) is 6.48. The number of aromatic nitrogens is 2. The van der Waals surface area contributed by atoms with Crippen LogP contribution < -0.4 is 25.9 Å². The number of carbonyl (C=O) groups excluding carboxylic acids is 1. The summed E-state index contributed by atoms with van der Waals surface area (Å²) >= 11 is 0. The molecule has 2 N–H and O–H groups in total. The van der Waals surface area contributed by atoms with Crippen molar-refractivity contribution in [3.05, 3.63) is 68.7 Å². The van der Waals surface area contributed by atoms with E-state index in [4.69, 9.17) is 9.47 Å². The number of hydrogen-bond acceptors (Lipinski definition) is 5. The predicted molar refractivity (Wildman–Crippen MR) is 103 cm³/mol. The Balaban J connectivity index is 1.32. The minimum Gasteiger partial charge on any atom is -0.454 e. The number of ether oxygens (including phenoxy) is 2. The van der Waals surface area contributed by atoms with Gasteiger partial charge in [-0.1, -0.05) is 18.2 Å². The van der Waals surface area contributed by atoms with Gasteiger partial charge >= 0.3 is 0 Å². The van der Waals surface area contributed by atoms with Crippen LogP contribution in [0.5, 0.6) is 11.5 Å². The molecular weight excluding hydrogens is 362 g/mol. The Morgan fingerprint density at radius 3 is 2.71 bits per heavy atom. The number of amides is 1. The zero-order valence-corrected chi connectivity index (χ0v) is 15.1. The molecule has 0 unspecified atom stereocenters. The molecule has 1 aromatic heterocycles. The number of benzene rings is 2. The molecule has 0 spiro atoms. The van der Waals surface area contributed by atoms with Gasteiger partial charge in [-0.3, -0.25) is 19.5 Å². The first kappa shape index (κ1) is 17.8. The predicted octanol–water partition coefficient (Wildman–Crippen LogP) is 1.17. The lowest BCUT2D eigenvalue weighted by atomic mass is 10.1. The zero-order valence-electron chi connectivity index (χ0n) is 15.1. The zero-order chi connectivity index (χ0) is 19.5. The van der Waals surface area contributed by atoms with Crippen molar-refractivity contribution in [1.82, 2.24) is 15.1 Å². The Morgan fingerprint density at radius 2 is 1.86 bits per heavy atom. The smallest absolute Gasteiger partial charge is 0.273 e. The molecule has 2 heterocycles. The molecule has 0 saturated heterocycles. The molecule has 0 saturated carbocycles. The lowest BCUT2D eigenvalue weighted by molar-refractivity contribution is -0.121. The van der Waals surface area contributed by atoms with Gasteiger partial charge in [0.1, 0.15) is 0 Å². The number of H-pyrrole nitrogens is 1. The minimum absolute atomic E-state index is 0.0926. The maximum absolute atomic E-state index is 12.4. The number of nitrogens with one attached hydrogen (secondary N) is 2. The van der Waals surface area contributed by atoms with Crippen LogP contribution in [0.25, 0.3) is 10.8 Å². The van der Waals surface area contributed by atoms with Crippen molar-refractivity contribution < 1.29 is 14.3 Å². The number of aromatic amines is 1. The summed E-state index contributed by atoms with van der Waals surface area (Å²) in [6, 6.07) is 12.3. The summed E-state index contributed by atoms with van der Waals surface area (Å²) in [5.74, 6) is 1.24. The van der Waals surface area contributed by atoms with Crippen molar-refractivity contribution in [2.24, 2.45) is 0 Å². The van der Waals surface area contributed by atoms with Gasteiger partial charge in [-0.15, -0.1) is 0 Å². The molecule has 0 atom stereocenters. The molecule has 8 nitrogen and oxygen atoms in total. The van der Waals surface area contributed by atoms with Gasteiger partial charge in [0, 0.05) is 13.0 Å². The molecule has 8 heteroatoms. The molecule has 0 aliphatic carbocycles. The highest BCUT2D eigenvalue weighted by molar-refractivity contribution is 5.80. The van der Waals surface area contributed by atoms with Crippen molar-refractivity contribution in [1.29, 1.82) is 0 Å². The highest BCUT2D eigenvalue weighted by Crippen LogP contribution is 2.32. The third-order valence-electron chi connectivity index (χ3n) is 4.62. The second kappa shape index (κ2) is 7.59. The van der Waals surface area contributed by atoms with Crippen molar-refractivity contribution in [3.63, 3.8) is 0 Å². The molecular formula is C20H19N3O5. The summed E-state index contributed by atoms with van der Waals surface area (Å²) in [4.78, 5) is 36.6. The van der Waals surface area contributed by atoms with E-state index in [2.05, 4.69) is 10.4 Å². The normalized spacial score (nSPS) is 12.3. The van der Waals surface area contributed by atoms with Crippen LogP contribution in [0.3, 0.4) is 0 Å². The first-order valence-electron chi connectivity index (χ1n) is 8.99. The van der Waals surface area contributed by atoms with Crippen LogP contribution in [-0.2, 0) is 17.8 Å². The van der Waals surface area contributed by atoms with E-state index in [1.807, 2.05) is 18.2 Å². The van der Waals surface area contributed by atoms with E-state index in [0.717, 1.165) is 11.3 Å². The standard InChI is InChI=1S/C20H19N3O5/c24-18(21-9-7-13-5-6-16-17(11-13)28-12-27-16)8-10-23-20(26)15-4-2-1-3-14(15)19(25)22-23/h1-6,11H,7-10,12H2,(H,21,24)(H,22,25). The molecule has 3 aromatic rings. The van der Waals surface area contributed by atoms with Crippen LogP contribution in [-0.4, -0.2) is 29.0 Å². The van der Waals surface area contributed by atoms with Gasteiger partial charge in [0.15, 0.2) is 11.5 Å². The topological polar surface area (TPSA) is 102 Å². The Hall–Kier alpha value is -3.55. The summed E-state index contributed by atoms with van der Waals surface area (Å²) < 4.78 is 11.8. The number of nitrogens with zero attached hydrogens (tertiary/aromatic N) is 1. The lowest BCUT2D eigenvalue weighted by Gasteiger charge is -2.08. The second-order valence-corrected chi connectivity index (χ2v) is 6.48. The van der Waals surface area contributed by atoms with Crippen LogP contribution in [0.15, 0.2) is 52.1 Å². The van der Waals surface area contributed by atoms with Crippen LogP contribution >= 0.6 is 0 Å². The Morgan fingerprint density at radius 1 is 1.07 bits per heavy atom. The summed E-state index contributed by atoms with van der Waals surface area (Å²) in [6.07, 6.45) is 0.741. The highest BCUT2D eigenvalue weighted by Gasteiger charge is 2.13. The fourth-order valence-electron chi connectivity index (χ4n) is 3.15. The van der Waals surface area contributed by atoms with E-state index in [9.17, 15) is 14.4 Å². The van der Waals surface area contributed by atoms with Crippen molar-refractivity contribution in [2.75, 3.05) is 13.3 Å². The fourth-order valence-corrected chi connectivity index (χ4v) is 3.15. The Bertz CT molecular complexity index is 1150. The quantitative estimate of drug-likeness (QED) is 0.667. The maximum atomic E-state index is 12.4. The van der Waals surface area contributed by atoms with E-state index in [1.165, 1.54) is 4.68 Å². The number of aryl methyl sites for hydroxylation is 1. The van der Waals surface area contributed by atoms with Crippen molar-refractivity contribution >= 4 is 16.7 Å². The van der Waals surface area contributed by atoms with Crippen LogP contribution in [0.4, 0.5) is 0 Å². The molecule has 1 amide bonds. The summed E-state index contributed by atoms with van der Waals surface area (Å²) in [5.41, 5.74) is 0.362. The summed E-state index contributed by atoms with van der Waals surface area (Å²) in [7, 11) is 0. The van der Waals surface area contributed by atoms with Gasteiger partial charge in [0.05, 0.1) is 17.3 Å². The van der Waals surface area contributed by atoms with Gasteiger partial charge in [-0.2, -0.15) is 0 Å². The molecule has 4 rings (SSSR count). The van der Waals surface area contributed by atoms with Crippen LogP contribution in [0.2, 0.25) is 0 Å². The van der Waals surface area contributed by atoms with Gasteiger partial charge in [-0.05, 0) is 36.2 Å². The van der Waals surface area contributed by atoms with Crippen LogP contribution in [0, 0.1) is 0 Å². The van der Waals surface area contributed by atoms with Gasteiger partial charge < -0.3 is 14.8 Å². The lowest BCUT2D eigenvalue weighted by Crippen LogP contribution is -2.33. The highest BCUT2D eigenvalue weighted by atomic mass is 16.7. The molecule has 0 bridgehead atoms. The molecule has 0 fully saturated rings. The van der Waals surface area contributed by atoms with E-state index in [0.29, 0.717) is 29.5 Å². The molecule has 28 heavy (non-hydrogen) atoms. The number of fused-ring (bicyclic) bond motifs is 2. The largest absolute Gasteiger partial charge is 0.454 e. The van der Waals surface area contributed by atoms with Gasteiger partial charge in [0.2, 0.25) is 12.7 Å². The van der Waals surface area contributed by atoms with Crippen molar-refractivity contribution in [2.45, 2.75) is 19.4 Å². The summed E-state index contributed by atoms with van der Waals surface area (Å²) in [6.45, 7) is 0.794. The first-order valence-corrected chi connectivity index (χ1v) is 8.99. The Labute approximate surface area is 159 Å². The van der Waals surface area contributed by atoms with Gasteiger partial charge in [0.25, 0.3) is 11.1 Å². The third-order valence-corrected chi connectivity index (χ3v) is 4.62. The monoisotopic (exact) mass is 381 g/mol. The SMILES string of the molecule is O=C(CCn1[nH]c(=O)c2ccccc2c1=O)NCCc1ccc2c(c1)OCO2. The minimum atomic E-state index is -0.349. The average molecular weight is 381 g/mol. The van der Waals surface area contributed by atoms with E-state index < -0.39 is 0 Å². The third kappa shape index (κ3) is 3.62. The maximum Gasteiger partial charge on any atom is 0.273 e. The van der Waals surface area contributed by atoms with E-state index in [-0.39, 0.29) is 36.8 Å². The van der Waals surface area contributed by atoms with Crippen molar-refractivity contribution in [3.8, 4) is 11.5 Å². The number of hydrogen-bond donors (Lipinski definition) is 2. The first-order chi connectivity index (χ1) is 13.6. The molecule has 1 aliphatic rings. The number of carbonyl (C=O) groups is 1. The Kier molecular flexibility index (Phi) is 4.84. The molecule has 0 radical (unpaired) electrons. The van der Waals surface area contributed by atoms with Gasteiger partial charge in [-0.25, -0.2) is 4.68 Å². The molecule has 2 aromatic carbocycles. The fraction of sp³-hybridized carbons (Fsp3) is 0.250. The number of rotatable bonds is 6. The van der Waals surface area contributed by atoms with E-state index in [1.54, 1.807) is 24.3 Å². The van der Waals surface area contributed by atoms with E-state index >= 15 is 0 Å². The average Bonchev–Trinajstić information content (AvgIpc) is 3.17. The summed E-state index contributed by atoms with van der Waals surface area (Å²) in [5, 5.41) is 6.03. The van der Waals surface area contributed by atoms with Crippen LogP contribution in [0.1, 0.15) is 12.0 Å². The molecule has 144 valence electrons.